The number of carbonyl (C=O) groups is 2. The van der Waals surface area contributed by atoms with Crippen molar-refractivity contribution < 1.29 is 23.5 Å². The minimum Gasteiger partial charge on any atom is -0.497 e. The third-order valence-corrected chi connectivity index (χ3v) is 6.66. The van der Waals surface area contributed by atoms with Crippen molar-refractivity contribution in [1.29, 1.82) is 0 Å². The van der Waals surface area contributed by atoms with Crippen LogP contribution in [-0.4, -0.2) is 48.1 Å². The maximum absolute atomic E-state index is 13.1. The highest BCUT2D eigenvalue weighted by Crippen LogP contribution is 2.46. The van der Waals surface area contributed by atoms with E-state index in [1.807, 2.05) is 47.6 Å². The van der Waals surface area contributed by atoms with Crippen molar-refractivity contribution in [2.24, 2.45) is 4.99 Å². The molecule has 4 rings (SSSR count). The number of ether oxygens (including phenoxy) is 2. The van der Waals surface area contributed by atoms with Crippen LogP contribution < -0.4 is 4.74 Å². The molecule has 1 atom stereocenters. The van der Waals surface area contributed by atoms with Crippen LogP contribution >= 0.6 is 11.8 Å². The zero-order valence-electron chi connectivity index (χ0n) is 19.6. The predicted molar refractivity (Wildman–Crippen MR) is 130 cm³/mol. The van der Waals surface area contributed by atoms with Gasteiger partial charge in [0.1, 0.15) is 11.5 Å². The molecule has 0 saturated heterocycles. The lowest BCUT2D eigenvalue weighted by Gasteiger charge is -2.36. The molecule has 2 aromatic rings. The highest BCUT2D eigenvalue weighted by atomic mass is 32.2. The Labute approximate surface area is 202 Å². The highest BCUT2D eigenvalue weighted by molar-refractivity contribution is 8.16. The summed E-state index contributed by atoms with van der Waals surface area (Å²) in [5, 5.41) is 2.66. The molecule has 2 aliphatic heterocycles. The van der Waals surface area contributed by atoms with E-state index in [-0.39, 0.29) is 12.3 Å². The van der Waals surface area contributed by atoms with E-state index in [0.29, 0.717) is 35.7 Å². The molecule has 1 aromatic carbocycles. The van der Waals surface area contributed by atoms with Crippen molar-refractivity contribution in [1.82, 2.24) is 9.80 Å². The zero-order valence-corrected chi connectivity index (χ0v) is 20.4. The molecule has 2 aliphatic rings. The van der Waals surface area contributed by atoms with Gasteiger partial charge in [0.2, 0.25) is 5.91 Å². The van der Waals surface area contributed by atoms with E-state index in [1.165, 1.54) is 18.9 Å². The van der Waals surface area contributed by atoms with Crippen molar-refractivity contribution in [3.8, 4) is 5.75 Å². The first-order valence-electron chi connectivity index (χ1n) is 10.9. The monoisotopic (exact) mass is 481 g/mol. The number of hydrogen-bond acceptors (Lipinski definition) is 8. The lowest BCUT2D eigenvalue weighted by molar-refractivity contribution is -0.136. The number of furan rings is 1. The van der Waals surface area contributed by atoms with Crippen LogP contribution in [0.25, 0.3) is 0 Å². The number of allylic oxidation sites excluding steroid dienone is 1. The van der Waals surface area contributed by atoms with Crippen LogP contribution in [0.4, 0.5) is 0 Å². The van der Waals surface area contributed by atoms with E-state index in [1.54, 1.807) is 31.4 Å². The molecule has 0 N–H and O–H groups in total. The van der Waals surface area contributed by atoms with Gasteiger partial charge in [-0.05, 0) is 41.7 Å². The van der Waals surface area contributed by atoms with Gasteiger partial charge in [-0.25, -0.2) is 9.79 Å². The van der Waals surface area contributed by atoms with E-state index in [2.05, 4.69) is 0 Å². The number of rotatable bonds is 8. The first-order valence-corrected chi connectivity index (χ1v) is 11.8. The van der Waals surface area contributed by atoms with Gasteiger partial charge in [-0.2, -0.15) is 0 Å². The SMILES string of the molecule is CCC1=C(C(=O)OC)C(c2cccc(OC)c2)N2C(CC(=O)N(C)Cc3ccco3)=CSC2=N1. The van der Waals surface area contributed by atoms with Crippen LogP contribution in [0, 0.1) is 0 Å². The molecule has 1 unspecified atom stereocenters. The van der Waals surface area contributed by atoms with Gasteiger partial charge < -0.3 is 23.7 Å². The van der Waals surface area contributed by atoms with Gasteiger partial charge in [0.05, 0.1) is 50.8 Å². The maximum atomic E-state index is 13.1. The second-order valence-corrected chi connectivity index (χ2v) is 8.72. The number of fused-ring (bicyclic) bond motifs is 1. The number of nitrogens with zero attached hydrogens (tertiary/aromatic N) is 3. The average Bonchev–Trinajstić information content (AvgIpc) is 3.52. The van der Waals surface area contributed by atoms with Gasteiger partial charge in [0.15, 0.2) is 5.17 Å². The Morgan fingerprint density at radius 1 is 1.24 bits per heavy atom. The molecule has 8 nitrogen and oxygen atoms in total. The van der Waals surface area contributed by atoms with Crippen molar-refractivity contribution >= 4 is 28.8 Å². The summed E-state index contributed by atoms with van der Waals surface area (Å²) in [5.74, 6) is 0.878. The third kappa shape index (κ3) is 4.61. The lowest BCUT2D eigenvalue weighted by Crippen LogP contribution is -2.38. The molecule has 0 radical (unpaired) electrons. The molecule has 1 amide bonds. The number of amides is 1. The lowest BCUT2D eigenvalue weighted by atomic mass is 9.92. The molecule has 178 valence electrons. The van der Waals surface area contributed by atoms with Crippen LogP contribution in [0.15, 0.2) is 74.4 Å². The Morgan fingerprint density at radius 2 is 2.06 bits per heavy atom. The van der Waals surface area contributed by atoms with Gasteiger partial charge >= 0.3 is 5.97 Å². The van der Waals surface area contributed by atoms with E-state index in [0.717, 1.165) is 16.4 Å². The highest BCUT2D eigenvalue weighted by Gasteiger charge is 2.41. The average molecular weight is 482 g/mol. The van der Waals surface area contributed by atoms with Crippen LogP contribution in [0.1, 0.15) is 37.1 Å². The molecule has 0 saturated carbocycles. The second kappa shape index (κ2) is 10.2. The molecule has 3 heterocycles. The Bertz CT molecular complexity index is 1170. The standard InChI is InChI=1S/C25H27N3O5S/c1-5-20-22(24(30)32-4)23(16-8-6-9-18(12-16)31-3)28-17(15-34-25(28)26-20)13-21(29)27(2)14-19-10-7-11-33-19/h6-12,15,23H,5,13-14H2,1-4H3. The van der Waals surface area contributed by atoms with Gasteiger partial charge in [-0.1, -0.05) is 30.8 Å². The summed E-state index contributed by atoms with van der Waals surface area (Å²) in [4.78, 5) is 34.4. The van der Waals surface area contributed by atoms with Crippen molar-refractivity contribution in [3.63, 3.8) is 0 Å². The largest absolute Gasteiger partial charge is 0.497 e. The van der Waals surface area contributed by atoms with Crippen LogP contribution in [0.2, 0.25) is 0 Å². The van der Waals surface area contributed by atoms with E-state index in [4.69, 9.17) is 18.9 Å². The molecule has 34 heavy (non-hydrogen) atoms. The van der Waals surface area contributed by atoms with E-state index < -0.39 is 12.0 Å². The quantitative estimate of drug-likeness (QED) is 0.514. The number of amidine groups is 1. The van der Waals surface area contributed by atoms with Gasteiger partial charge in [-0.3, -0.25) is 4.79 Å². The number of benzene rings is 1. The minimum absolute atomic E-state index is 0.0706. The fourth-order valence-electron chi connectivity index (χ4n) is 4.05. The minimum atomic E-state index is -0.491. The van der Waals surface area contributed by atoms with E-state index in [9.17, 15) is 9.59 Å². The Balaban J connectivity index is 1.69. The smallest absolute Gasteiger partial charge is 0.338 e. The Hall–Kier alpha value is -3.46. The summed E-state index contributed by atoms with van der Waals surface area (Å²) in [6.45, 7) is 2.33. The molecule has 0 fully saturated rings. The summed E-state index contributed by atoms with van der Waals surface area (Å²) in [6.07, 6.45) is 2.31. The number of methoxy groups -OCH3 is 2. The number of hydrogen-bond donors (Lipinski definition) is 0. The van der Waals surface area contributed by atoms with Gasteiger partial charge in [-0.15, -0.1) is 0 Å². The normalized spacial score (nSPS) is 17.2. The van der Waals surface area contributed by atoms with E-state index >= 15 is 0 Å². The van der Waals surface area contributed by atoms with Crippen molar-refractivity contribution in [2.75, 3.05) is 21.3 Å². The second-order valence-electron chi connectivity index (χ2n) is 7.88. The molecular weight excluding hydrogens is 454 g/mol. The van der Waals surface area contributed by atoms with Gasteiger partial charge in [0.25, 0.3) is 0 Å². The zero-order chi connectivity index (χ0) is 24.2. The molecule has 9 heteroatoms. The molecule has 0 bridgehead atoms. The summed E-state index contributed by atoms with van der Waals surface area (Å²) in [7, 11) is 4.71. The van der Waals surface area contributed by atoms with Crippen molar-refractivity contribution in [2.45, 2.75) is 32.4 Å². The Kier molecular flexibility index (Phi) is 7.12. The molecule has 0 aliphatic carbocycles. The van der Waals surface area contributed by atoms with Crippen molar-refractivity contribution in [3.05, 3.63) is 76.4 Å². The first kappa shape index (κ1) is 23.7. The Morgan fingerprint density at radius 3 is 2.74 bits per heavy atom. The van der Waals surface area contributed by atoms with Crippen LogP contribution in [0.3, 0.4) is 0 Å². The molecular formula is C25H27N3O5S. The maximum Gasteiger partial charge on any atom is 0.338 e. The summed E-state index contributed by atoms with van der Waals surface area (Å²) in [5.41, 5.74) is 2.76. The summed E-state index contributed by atoms with van der Waals surface area (Å²) in [6, 6.07) is 10.7. The number of aliphatic imine (C=N–C) groups is 1. The van der Waals surface area contributed by atoms with Crippen LogP contribution in [0.5, 0.6) is 5.75 Å². The first-order chi connectivity index (χ1) is 16.5. The summed E-state index contributed by atoms with van der Waals surface area (Å²) < 4.78 is 16.0. The molecule has 1 aromatic heterocycles. The predicted octanol–water partition coefficient (Wildman–Crippen LogP) is 4.47. The fourth-order valence-corrected chi connectivity index (χ4v) is 4.99. The summed E-state index contributed by atoms with van der Waals surface area (Å²) >= 11 is 1.45. The number of esters is 1. The van der Waals surface area contributed by atoms with Crippen LogP contribution in [-0.2, 0) is 20.9 Å². The topological polar surface area (TPSA) is 84.6 Å². The molecule has 0 spiro atoms. The fraction of sp³-hybridized carbons (Fsp3) is 0.320. The van der Waals surface area contributed by atoms with Gasteiger partial charge in [0, 0.05) is 12.7 Å². The number of thioether (sulfide) groups is 1. The third-order valence-electron chi connectivity index (χ3n) is 5.77. The number of carbonyl (C=O) groups excluding carboxylic acids is 2.